The molecule has 0 aliphatic carbocycles. The average Bonchev–Trinajstić information content (AvgIpc) is 2.73. The number of halogens is 27. The maximum absolute atomic E-state index is 13.4. The van der Waals surface area contributed by atoms with Gasteiger partial charge in [-0.25, -0.2) is 23.7 Å². The summed E-state index contributed by atoms with van der Waals surface area (Å²) in [6.45, 7) is 0. The fourth-order valence-electron chi connectivity index (χ4n) is 1.75. The highest BCUT2D eigenvalue weighted by Crippen LogP contribution is 2.55. The van der Waals surface area contributed by atoms with Crippen molar-refractivity contribution in [2.75, 3.05) is 0 Å². The van der Waals surface area contributed by atoms with Gasteiger partial charge in [0.1, 0.15) is 0 Å². The highest BCUT2D eigenvalue weighted by molar-refractivity contribution is 5.76. The summed E-state index contributed by atoms with van der Waals surface area (Å²) in [6.07, 6.45) is -88.7. The molecule has 0 aromatic rings. The quantitative estimate of drug-likeness (QED) is 0.159. The summed E-state index contributed by atoms with van der Waals surface area (Å²) < 4.78 is 355. The number of alkyl halides is 27. The van der Waals surface area contributed by atoms with Crippen molar-refractivity contribution < 1.29 is 152 Å². The van der Waals surface area contributed by atoms with Crippen LogP contribution in [-0.2, 0) is 28.5 Å². The van der Waals surface area contributed by atoms with Crippen molar-refractivity contribution in [1.82, 2.24) is 0 Å². The van der Waals surface area contributed by atoms with Gasteiger partial charge in [-0.05, 0) is 0 Å². The van der Waals surface area contributed by atoms with Gasteiger partial charge in [-0.2, -0.15) is 119 Å². The van der Waals surface area contributed by atoms with E-state index in [1.54, 1.807) is 0 Å². The summed E-state index contributed by atoms with van der Waals surface area (Å²) in [4.78, 5) is 10.2. The lowest BCUT2D eigenvalue weighted by molar-refractivity contribution is -0.590. The number of hydrogen-bond acceptors (Lipinski definition) is 6. The molecule has 0 spiro atoms. The first-order valence-corrected chi connectivity index (χ1v) is 9.57. The van der Waals surface area contributed by atoms with Crippen molar-refractivity contribution >= 4 is 5.97 Å². The van der Waals surface area contributed by atoms with Crippen LogP contribution in [0.5, 0.6) is 0 Å². The molecule has 0 amide bonds. The topological polar surface area (TPSA) is 83.5 Å². The molecule has 34 heteroatoms. The summed E-state index contributed by atoms with van der Waals surface area (Å²) in [5, 5.41) is 7.90. The van der Waals surface area contributed by atoms with E-state index in [4.69, 9.17) is 5.11 Å². The van der Waals surface area contributed by atoms with Crippen LogP contribution in [-0.4, -0.2) is 90.2 Å². The number of hydrogen-bond donors (Lipinski definition) is 1. The zero-order chi connectivity index (χ0) is 39.6. The summed E-state index contributed by atoms with van der Waals surface area (Å²) >= 11 is 0. The normalized spacial score (nSPS) is 17.4. The second kappa shape index (κ2) is 12.0. The summed E-state index contributed by atoms with van der Waals surface area (Å²) in [5.74, 6) is -19.5. The van der Waals surface area contributed by atoms with Crippen LogP contribution in [0, 0.1) is 0 Å². The molecule has 0 aromatic carbocycles. The molecule has 0 radical (unpaired) electrons. The smallest absolute Gasteiger partial charge is 0.462 e. The van der Waals surface area contributed by atoms with Crippen LogP contribution in [0.2, 0.25) is 0 Å². The molecule has 0 saturated heterocycles. The Morgan fingerprint density at radius 2 is 0.500 bits per heavy atom. The van der Waals surface area contributed by atoms with Crippen molar-refractivity contribution in [2.45, 2.75) is 79.1 Å². The van der Waals surface area contributed by atoms with Crippen LogP contribution in [0.25, 0.3) is 0 Å². The van der Waals surface area contributed by atoms with Gasteiger partial charge in [-0.3, -0.25) is 4.74 Å². The molecule has 0 heterocycles. The molecular weight excluding hydrogens is 793 g/mol. The van der Waals surface area contributed by atoms with Crippen molar-refractivity contribution in [3.05, 3.63) is 0 Å². The predicted molar refractivity (Wildman–Crippen MR) is 78.5 cm³/mol. The standard InChI is InChI=1S/C14HF27O7/c15-2(1(42)43,4(18,19)20)44-7(26,27)8(28,29)46-11(34,35)12(36,37)48-14(40,41)13(38,39)47-10(32,33)9(30,31)45-6(24,25)3(16,17)5(21,22)23/h(H,42,43). The monoisotopic (exact) mass is 794 g/mol. The summed E-state index contributed by atoms with van der Waals surface area (Å²) in [7, 11) is 0. The zero-order valence-corrected chi connectivity index (χ0v) is 20.1. The van der Waals surface area contributed by atoms with Crippen LogP contribution in [0.1, 0.15) is 0 Å². The molecule has 0 saturated carbocycles. The van der Waals surface area contributed by atoms with Gasteiger partial charge >= 0.3 is 85.1 Å². The van der Waals surface area contributed by atoms with Crippen LogP contribution >= 0.6 is 0 Å². The molecule has 1 unspecified atom stereocenters. The number of aliphatic carboxylic acids is 1. The Balaban J connectivity index is 6.40. The van der Waals surface area contributed by atoms with Gasteiger partial charge in [0.15, 0.2) is 0 Å². The maximum atomic E-state index is 13.4. The fourth-order valence-corrected chi connectivity index (χ4v) is 1.75. The Bertz CT molecular complexity index is 1160. The summed E-state index contributed by atoms with van der Waals surface area (Å²) in [6, 6.07) is 0. The summed E-state index contributed by atoms with van der Waals surface area (Å²) in [5.41, 5.74) is 0. The average molecular weight is 794 g/mol. The Morgan fingerprint density at radius 3 is 0.667 bits per heavy atom. The first kappa shape index (κ1) is 45.4. The molecule has 0 aliphatic heterocycles. The van der Waals surface area contributed by atoms with E-state index >= 15 is 0 Å². The first-order chi connectivity index (χ1) is 20.2. The van der Waals surface area contributed by atoms with E-state index in [0.29, 0.717) is 0 Å². The van der Waals surface area contributed by atoms with Gasteiger partial charge in [-0.15, -0.1) is 0 Å². The molecule has 1 atom stereocenters. The minimum Gasteiger partial charge on any atom is -0.477 e. The fraction of sp³-hybridized carbons (Fsp3) is 0.929. The molecule has 7 nitrogen and oxygen atoms in total. The van der Waals surface area contributed by atoms with Crippen molar-refractivity contribution in [3.63, 3.8) is 0 Å². The molecular formula is C14HF27O7. The van der Waals surface area contributed by atoms with E-state index in [-0.39, 0.29) is 0 Å². The van der Waals surface area contributed by atoms with Gasteiger partial charge < -0.3 is 5.11 Å². The van der Waals surface area contributed by atoms with E-state index in [2.05, 4.69) is 0 Å². The van der Waals surface area contributed by atoms with E-state index in [1.165, 1.54) is 4.74 Å². The second-order valence-corrected chi connectivity index (χ2v) is 7.63. The van der Waals surface area contributed by atoms with Gasteiger partial charge in [0.25, 0.3) is 0 Å². The van der Waals surface area contributed by atoms with E-state index in [1.807, 2.05) is 0 Å². The largest absolute Gasteiger partial charge is 0.477 e. The van der Waals surface area contributed by atoms with Crippen molar-refractivity contribution in [1.29, 1.82) is 0 Å². The molecule has 0 bridgehead atoms. The second-order valence-electron chi connectivity index (χ2n) is 7.63. The van der Waals surface area contributed by atoms with E-state index in [9.17, 15) is 123 Å². The Labute approximate surface area is 238 Å². The van der Waals surface area contributed by atoms with Crippen LogP contribution in [0.4, 0.5) is 119 Å². The lowest BCUT2D eigenvalue weighted by Gasteiger charge is -2.37. The molecule has 0 fully saturated rings. The van der Waals surface area contributed by atoms with Gasteiger partial charge in [0, 0.05) is 0 Å². The Hall–Kier alpha value is -2.62. The Kier molecular flexibility index (Phi) is 11.4. The predicted octanol–water partition coefficient (Wildman–Crippen LogP) is 7.91. The SMILES string of the molecule is O=C(O)C(F)(OC(F)(F)C(F)(F)OC(F)(F)C(F)(F)OC(F)(F)C(F)(F)OC(F)(F)C(F)(F)OC(F)(F)C(F)(F)C(F)(F)F)C(F)(F)F. The molecule has 0 aliphatic rings. The third-order valence-electron chi connectivity index (χ3n) is 4.01. The molecule has 48 heavy (non-hydrogen) atoms. The van der Waals surface area contributed by atoms with Crippen LogP contribution in [0.15, 0.2) is 0 Å². The van der Waals surface area contributed by atoms with Gasteiger partial charge in [-0.1, -0.05) is 0 Å². The Morgan fingerprint density at radius 1 is 0.312 bits per heavy atom. The van der Waals surface area contributed by atoms with E-state index in [0.717, 1.165) is 18.9 Å². The number of carbonyl (C=O) groups is 1. The van der Waals surface area contributed by atoms with Gasteiger partial charge in [0.05, 0.1) is 0 Å². The molecule has 288 valence electrons. The molecule has 1 N–H and O–H groups in total. The number of carboxylic acid groups (broad SMARTS) is 1. The van der Waals surface area contributed by atoms with Crippen molar-refractivity contribution in [3.8, 4) is 0 Å². The third kappa shape index (κ3) is 8.39. The third-order valence-corrected chi connectivity index (χ3v) is 4.01. The maximum Gasteiger partial charge on any atom is 0.462 e. The zero-order valence-electron chi connectivity index (χ0n) is 20.1. The number of carboxylic acids is 1. The number of ether oxygens (including phenoxy) is 5. The van der Waals surface area contributed by atoms with Crippen molar-refractivity contribution in [2.24, 2.45) is 0 Å². The lowest BCUT2D eigenvalue weighted by Crippen LogP contribution is -2.63. The highest BCUT2D eigenvalue weighted by Gasteiger charge is 2.82. The highest BCUT2D eigenvalue weighted by atomic mass is 19.4. The van der Waals surface area contributed by atoms with Crippen LogP contribution < -0.4 is 0 Å². The minimum absolute atomic E-state index is 1.03. The minimum atomic E-state index is -8.32. The first-order valence-electron chi connectivity index (χ1n) is 9.57. The molecule has 0 aromatic heterocycles. The van der Waals surface area contributed by atoms with Gasteiger partial charge in [0.2, 0.25) is 0 Å². The number of rotatable bonds is 16. The van der Waals surface area contributed by atoms with Crippen LogP contribution in [0.3, 0.4) is 0 Å². The molecule has 0 rings (SSSR count). The lowest BCUT2D eigenvalue weighted by atomic mass is 10.3. The van der Waals surface area contributed by atoms with E-state index < -0.39 is 85.1 Å².